The Labute approximate surface area is 163 Å². The first-order valence-corrected chi connectivity index (χ1v) is 9.02. The first kappa shape index (κ1) is 18.9. The Balaban J connectivity index is 1.95. The van der Waals surface area contributed by atoms with Crippen LogP contribution in [0.15, 0.2) is 71.4 Å². The summed E-state index contributed by atoms with van der Waals surface area (Å²) in [6.45, 7) is 2.25. The Morgan fingerprint density at radius 1 is 1.11 bits per heavy atom. The van der Waals surface area contributed by atoms with Gasteiger partial charge in [0.1, 0.15) is 0 Å². The van der Waals surface area contributed by atoms with Gasteiger partial charge in [0.2, 0.25) is 0 Å². The minimum Gasteiger partial charge on any atom is -0.465 e. The summed E-state index contributed by atoms with van der Waals surface area (Å²) < 4.78 is 4.91. The molecule has 0 aromatic heterocycles. The van der Waals surface area contributed by atoms with E-state index in [1.807, 2.05) is 42.5 Å². The van der Waals surface area contributed by atoms with E-state index in [-0.39, 0.29) is 11.5 Å². The van der Waals surface area contributed by atoms with Gasteiger partial charge in [-0.05, 0) is 36.6 Å². The van der Waals surface area contributed by atoms with E-state index >= 15 is 0 Å². The van der Waals surface area contributed by atoms with Crippen molar-refractivity contribution in [1.29, 1.82) is 0 Å². The van der Waals surface area contributed by atoms with Gasteiger partial charge in [0, 0.05) is 17.3 Å². The number of carbonyl (C=O) groups is 2. The van der Waals surface area contributed by atoms with Gasteiger partial charge in [-0.1, -0.05) is 60.1 Å². The molecule has 5 heteroatoms. The molecule has 1 aliphatic rings. The number of nitrogens with zero attached hydrogens (tertiary/aromatic N) is 1. The van der Waals surface area contributed by atoms with Gasteiger partial charge in [-0.25, -0.2) is 4.79 Å². The average Bonchev–Trinajstić information content (AvgIpc) is 2.92. The first-order chi connectivity index (χ1) is 13.0. The molecule has 0 radical (unpaired) electrons. The third kappa shape index (κ3) is 3.96. The van der Waals surface area contributed by atoms with Gasteiger partial charge in [0.15, 0.2) is 0 Å². The highest BCUT2D eigenvalue weighted by molar-refractivity contribution is 6.32. The molecule has 4 nitrogen and oxygen atoms in total. The van der Waals surface area contributed by atoms with Crippen LogP contribution >= 0.6 is 11.6 Å². The maximum Gasteiger partial charge on any atom is 0.340 e. The molecule has 1 heterocycles. The van der Waals surface area contributed by atoms with Crippen LogP contribution in [0.1, 0.15) is 18.1 Å². The van der Waals surface area contributed by atoms with Gasteiger partial charge in [-0.15, -0.1) is 0 Å². The van der Waals surface area contributed by atoms with Gasteiger partial charge in [-0.2, -0.15) is 0 Å². The molecule has 2 aromatic carbocycles. The van der Waals surface area contributed by atoms with Crippen molar-refractivity contribution in [2.45, 2.75) is 13.3 Å². The van der Waals surface area contributed by atoms with Crippen molar-refractivity contribution in [2.75, 3.05) is 13.7 Å². The number of benzene rings is 2. The molecule has 0 aliphatic carbocycles. The number of rotatable bonds is 5. The number of carbonyl (C=O) groups excluding carboxylic acids is 2. The summed E-state index contributed by atoms with van der Waals surface area (Å²) in [5, 5.41) is 0.516. The lowest BCUT2D eigenvalue weighted by Crippen LogP contribution is -2.27. The number of ether oxygens (including phenoxy) is 1. The van der Waals surface area contributed by atoms with Gasteiger partial charge >= 0.3 is 5.97 Å². The van der Waals surface area contributed by atoms with Crippen molar-refractivity contribution in [2.24, 2.45) is 0 Å². The highest BCUT2D eigenvalue weighted by Gasteiger charge is 2.36. The smallest absolute Gasteiger partial charge is 0.340 e. The van der Waals surface area contributed by atoms with E-state index in [0.717, 1.165) is 5.56 Å². The lowest BCUT2D eigenvalue weighted by Gasteiger charge is -2.17. The van der Waals surface area contributed by atoms with Crippen molar-refractivity contribution in [1.82, 2.24) is 4.90 Å². The van der Waals surface area contributed by atoms with Crippen molar-refractivity contribution in [3.05, 3.63) is 87.6 Å². The van der Waals surface area contributed by atoms with Gasteiger partial charge in [0.25, 0.3) is 5.91 Å². The molecule has 0 atom stereocenters. The summed E-state index contributed by atoms with van der Waals surface area (Å²) in [5.74, 6) is -0.745. The van der Waals surface area contributed by atoms with Crippen molar-refractivity contribution in [3.63, 3.8) is 0 Å². The molecule has 0 N–H and O–H groups in total. The monoisotopic (exact) mass is 381 g/mol. The molecule has 1 aliphatic heterocycles. The molecule has 0 fully saturated rings. The molecule has 138 valence electrons. The maximum atomic E-state index is 13.0. The Hall–Kier alpha value is -2.85. The van der Waals surface area contributed by atoms with Crippen LogP contribution < -0.4 is 0 Å². The van der Waals surface area contributed by atoms with Crippen LogP contribution in [0.5, 0.6) is 0 Å². The second-order valence-corrected chi connectivity index (χ2v) is 6.63. The molecular weight excluding hydrogens is 362 g/mol. The number of methoxy groups -OCH3 is 1. The fourth-order valence-corrected chi connectivity index (χ4v) is 3.32. The summed E-state index contributed by atoms with van der Waals surface area (Å²) >= 11 is 6.22. The number of halogens is 1. The standard InChI is InChI=1S/C22H20ClNO3/c1-15-20(22(26)27-2)18(14-17-10-6-7-11-19(17)23)21(25)24(15)13-12-16-8-4-3-5-9-16/h3-11,14H,12-13H2,1-2H3. The van der Waals surface area contributed by atoms with E-state index in [2.05, 4.69) is 0 Å². The zero-order chi connectivity index (χ0) is 19.4. The molecule has 1 amide bonds. The summed E-state index contributed by atoms with van der Waals surface area (Å²) in [4.78, 5) is 27.0. The second kappa shape index (κ2) is 8.23. The quantitative estimate of drug-likeness (QED) is 0.574. The minimum absolute atomic E-state index is 0.219. The Kier molecular flexibility index (Phi) is 5.77. The highest BCUT2D eigenvalue weighted by Crippen LogP contribution is 2.32. The second-order valence-electron chi connectivity index (χ2n) is 6.22. The average molecular weight is 382 g/mol. The molecule has 2 aromatic rings. The number of hydrogen-bond acceptors (Lipinski definition) is 3. The Morgan fingerprint density at radius 2 is 1.78 bits per heavy atom. The molecule has 0 bridgehead atoms. The van der Waals surface area contributed by atoms with E-state index in [1.54, 1.807) is 30.0 Å². The van der Waals surface area contributed by atoms with E-state index in [1.165, 1.54) is 7.11 Å². The fraction of sp³-hybridized carbons (Fsp3) is 0.182. The third-order valence-electron chi connectivity index (χ3n) is 4.57. The lowest BCUT2D eigenvalue weighted by molar-refractivity contribution is -0.136. The van der Waals surface area contributed by atoms with Crippen LogP contribution in [0, 0.1) is 0 Å². The van der Waals surface area contributed by atoms with Crippen LogP contribution in [-0.4, -0.2) is 30.4 Å². The van der Waals surface area contributed by atoms with E-state index < -0.39 is 5.97 Å². The summed E-state index contributed by atoms with van der Waals surface area (Å²) in [6.07, 6.45) is 2.35. The predicted octanol–water partition coefficient (Wildman–Crippen LogP) is 4.26. The SMILES string of the molecule is COC(=O)C1=C(C)N(CCc2ccccc2)C(=O)C1=Cc1ccccc1Cl. The van der Waals surface area contributed by atoms with Crippen LogP contribution in [0.25, 0.3) is 6.08 Å². The third-order valence-corrected chi connectivity index (χ3v) is 4.92. The van der Waals surface area contributed by atoms with Crippen LogP contribution in [0.4, 0.5) is 0 Å². The minimum atomic E-state index is -0.527. The van der Waals surface area contributed by atoms with E-state index in [4.69, 9.17) is 16.3 Å². The molecule has 0 saturated heterocycles. The van der Waals surface area contributed by atoms with Gasteiger partial charge in [-0.3, -0.25) is 4.79 Å². The highest BCUT2D eigenvalue weighted by atomic mass is 35.5. The number of hydrogen-bond donors (Lipinski definition) is 0. The maximum absolute atomic E-state index is 13.0. The largest absolute Gasteiger partial charge is 0.465 e. The van der Waals surface area contributed by atoms with Crippen molar-refractivity contribution < 1.29 is 14.3 Å². The normalized spacial score (nSPS) is 15.6. The number of esters is 1. The zero-order valence-electron chi connectivity index (χ0n) is 15.2. The molecule has 27 heavy (non-hydrogen) atoms. The van der Waals surface area contributed by atoms with Crippen molar-refractivity contribution in [3.8, 4) is 0 Å². The molecule has 3 rings (SSSR count). The van der Waals surface area contributed by atoms with Crippen LogP contribution in [0.3, 0.4) is 0 Å². The Morgan fingerprint density at radius 3 is 2.44 bits per heavy atom. The van der Waals surface area contributed by atoms with E-state index in [9.17, 15) is 9.59 Å². The first-order valence-electron chi connectivity index (χ1n) is 8.64. The summed E-state index contributed by atoms with van der Waals surface area (Å²) in [6, 6.07) is 17.1. The number of allylic oxidation sites excluding steroid dienone is 1. The van der Waals surface area contributed by atoms with Crippen LogP contribution in [-0.2, 0) is 20.7 Å². The summed E-state index contributed by atoms with van der Waals surface area (Å²) in [7, 11) is 1.31. The molecule has 0 unspecified atom stereocenters. The predicted molar refractivity (Wildman–Crippen MR) is 106 cm³/mol. The zero-order valence-corrected chi connectivity index (χ0v) is 16.0. The number of amides is 1. The Bertz CT molecular complexity index is 932. The topological polar surface area (TPSA) is 46.6 Å². The molecule has 0 saturated carbocycles. The fourth-order valence-electron chi connectivity index (χ4n) is 3.13. The van der Waals surface area contributed by atoms with Crippen molar-refractivity contribution >= 4 is 29.6 Å². The van der Waals surface area contributed by atoms with Gasteiger partial charge < -0.3 is 9.64 Å². The lowest BCUT2D eigenvalue weighted by atomic mass is 10.0. The molecular formula is C22H20ClNO3. The molecule has 0 spiro atoms. The van der Waals surface area contributed by atoms with Crippen LogP contribution in [0.2, 0.25) is 5.02 Å². The summed E-state index contributed by atoms with van der Waals surface area (Å²) in [5.41, 5.74) is 3.00. The van der Waals surface area contributed by atoms with Gasteiger partial charge in [0.05, 0.1) is 18.3 Å². The van der Waals surface area contributed by atoms with E-state index in [0.29, 0.717) is 34.8 Å².